The number of methoxy groups -OCH3 is 1. The number of esters is 1. The zero-order valence-electron chi connectivity index (χ0n) is 16.1. The highest BCUT2D eigenvalue weighted by Gasteiger charge is 2.50. The van der Waals surface area contributed by atoms with Crippen LogP contribution in [0.3, 0.4) is 0 Å². The average molecular weight is 387 g/mol. The summed E-state index contributed by atoms with van der Waals surface area (Å²) in [6.45, 7) is 4.31. The Morgan fingerprint density at radius 2 is 2.32 bits per heavy atom. The van der Waals surface area contributed by atoms with Crippen molar-refractivity contribution in [2.45, 2.75) is 38.8 Å². The predicted octanol–water partition coefficient (Wildman–Crippen LogP) is 0.705. The molecule has 2 aromatic heterocycles. The van der Waals surface area contributed by atoms with Gasteiger partial charge in [0.1, 0.15) is 5.52 Å². The Morgan fingerprint density at radius 1 is 1.50 bits per heavy atom. The number of rotatable bonds is 3. The van der Waals surface area contributed by atoms with Crippen LogP contribution in [-0.4, -0.2) is 64.4 Å². The topological polar surface area (TPSA) is 110 Å². The number of hydrogen-bond donors (Lipinski definition) is 2. The third kappa shape index (κ3) is 2.81. The largest absolute Gasteiger partial charge is 0.465 e. The van der Waals surface area contributed by atoms with Crippen molar-refractivity contribution in [1.82, 2.24) is 19.9 Å². The summed E-state index contributed by atoms with van der Waals surface area (Å²) in [6, 6.07) is 1.67. The second kappa shape index (κ2) is 7.05. The molecule has 1 spiro atoms. The third-order valence-electron chi connectivity index (χ3n) is 5.91. The number of aromatic nitrogens is 3. The van der Waals surface area contributed by atoms with E-state index in [1.54, 1.807) is 6.07 Å². The van der Waals surface area contributed by atoms with E-state index in [1.807, 2.05) is 11.5 Å². The van der Waals surface area contributed by atoms with Crippen molar-refractivity contribution in [1.29, 1.82) is 0 Å². The Labute approximate surface area is 162 Å². The summed E-state index contributed by atoms with van der Waals surface area (Å²) in [5, 5.41) is 13.5. The summed E-state index contributed by atoms with van der Waals surface area (Å²) < 4.78 is 6.74. The number of amides is 1. The molecule has 2 aliphatic heterocycles. The third-order valence-corrected chi connectivity index (χ3v) is 5.91. The number of aliphatic hydroxyl groups is 1. The molecule has 9 heteroatoms. The molecule has 150 valence electrons. The van der Waals surface area contributed by atoms with E-state index in [4.69, 9.17) is 9.72 Å². The number of piperidine rings is 2. The SMILES string of the molecule is CCn1c(N2CC[C@H](O)[C@@]3(CCCNC3=O)C2)nc2cc(C(=O)OC)cnc21. The van der Waals surface area contributed by atoms with Crippen molar-refractivity contribution in [2.24, 2.45) is 5.41 Å². The number of ether oxygens (including phenoxy) is 1. The molecule has 2 saturated heterocycles. The maximum Gasteiger partial charge on any atom is 0.339 e. The Balaban J connectivity index is 1.73. The predicted molar refractivity (Wildman–Crippen MR) is 102 cm³/mol. The van der Waals surface area contributed by atoms with Gasteiger partial charge in [0, 0.05) is 32.4 Å². The van der Waals surface area contributed by atoms with Crippen molar-refractivity contribution in [3.63, 3.8) is 0 Å². The number of anilines is 1. The monoisotopic (exact) mass is 387 g/mol. The van der Waals surface area contributed by atoms with Gasteiger partial charge < -0.3 is 20.1 Å². The summed E-state index contributed by atoms with van der Waals surface area (Å²) >= 11 is 0. The van der Waals surface area contributed by atoms with Gasteiger partial charge in [-0.3, -0.25) is 9.36 Å². The van der Waals surface area contributed by atoms with Crippen LogP contribution < -0.4 is 10.2 Å². The average Bonchev–Trinajstić information content (AvgIpc) is 3.09. The van der Waals surface area contributed by atoms with E-state index in [0.29, 0.717) is 61.7 Å². The molecule has 4 rings (SSSR count). The number of imidazole rings is 1. The number of hydrogen-bond acceptors (Lipinski definition) is 7. The van der Waals surface area contributed by atoms with Crippen LogP contribution in [0.25, 0.3) is 11.2 Å². The molecule has 0 aliphatic carbocycles. The van der Waals surface area contributed by atoms with Gasteiger partial charge in [0.15, 0.2) is 5.65 Å². The first-order valence-corrected chi connectivity index (χ1v) is 9.66. The van der Waals surface area contributed by atoms with Crippen LogP contribution in [0, 0.1) is 5.41 Å². The van der Waals surface area contributed by atoms with Crippen molar-refractivity contribution in [3.05, 3.63) is 17.8 Å². The zero-order chi connectivity index (χ0) is 19.9. The van der Waals surface area contributed by atoms with Crippen LogP contribution in [0.15, 0.2) is 12.3 Å². The molecule has 28 heavy (non-hydrogen) atoms. The lowest BCUT2D eigenvalue weighted by atomic mass is 9.71. The van der Waals surface area contributed by atoms with E-state index in [2.05, 4.69) is 15.2 Å². The van der Waals surface area contributed by atoms with Crippen LogP contribution in [0.5, 0.6) is 0 Å². The summed E-state index contributed by atoms with van der Waals surface area (Å²) in [7, 11) is 1.33. The van der Waals surface area contributed by atoms with Gasteiger partial charge in [0.05, 0.1) is 24.2 Å². The van der Waals surface area contributed by atoms with Crippen LogP contribution in [0.2, 0.25) is 0 Å². The van der Waals surface area contributed by atoms with Crippen molar-refractivity contribution in [2.75, 3.05) is 31.6 Å². The second-order valence-corrected chi connectivity index (χ2v) is 7.46. The minimum atomic E-state index is -0.808. The van der Waals surface area contributed by atoms with E-state index in [1.165, 1.54) is 13.3 Å². The summed E-state index contributed by atoms with van der Waals surface area (Å²) in [4.78, 5) is 35.7. The first kappa shape index (κ1) is 18.7. The molecule has 0 unspecified atom stereocenters. The van der Waals surface area contributed by atoms with E-state index < -0.39 is 17.5 Å². The van der Waals surface area contributed by atoms with Gasteiger partial charge in [0.25, 0.3) is 0 Å². The van der Waals surface area contributed by atoms with Crippen molar-refractivity contribution >= 4 is 29.0 Å². The molecular weight excluding hydrogens is 362 g/mol. The van der Waals surface area contributed by atoms with E-state index >= 15 is 0 Å². The fraction of sp³-hybridized carbons (Fsp3) is 0.579. The molecule has 2 N–H and O–H groups in total. The van der Waals surface area contributed by atoms with Crippen molar-refractivity contribution in [3.8, 4) is 0 Å². The standard InChI is InChI=1S/C19H25N5O4/c1-3-24-15-13(9-12(10-21-15)16(26)28-2)22-18(24)23-8-5-14(25)19(11-23)6-4-7-20-17(19)27/h9-10,14,25H,3-8,11H2,1-2H3,(H,20,27)/t14-,19+/m0/s1. The number of fused-ring (bicyclic) bond motifs is 1. The number of nitrogens with zero attached hydrogens (tertiary/aromatic N) is 4. The molecule has 4 heterocycles. The zero-order valence-corrected chi connectivity index (χ0v) is 16.1. The van der Waals surface area contributed by atoms with Crippen LogP contribution in [0.4, 0.5) is 5.95 Å². The minimum Gasteiger partial charge on any atom is -0.465 e. The molecule has 2 atom stereocenters. The Kier molecular flexibility index (Phi) is 4.70. The molecule has 0 radical (unpaired) electrons. The fourth-order valence-corrected chi connectivity index (χ4v) is 4.38. The van der Waals surface area contributed by atoms with Gasteiger partial charge in [-0.1, -0.05) is 0 Å². The van der Waals surface area contributed by atoms with Gasteiger partial charge in [-0.25, -0.2) is 14.8 Å². The summed E-state index contributed by atoms with van der Waals surface area (Å²) in [6.07, 6.45) is 2.84. The van der Waals surface area contributed by atoms with Crippen LogP contribution >= 0.6 is 0 Å². The minimum absolute atomic E-state index is 0.0822. The number of pyridine rings is 1. The van der Waals surface area contributed by atoms with Crippen LogP contribution in [-0.2, 0) is 16.1 Å². The van der Waals surface area contributed by atoms with Gasteiger partial charge in [-0.15, -0.1) is 0 Å². The van der Waals surface area contributed by atoms with Gasteiger partial charge in [0.2, 0.25) is 11.9 Å². The molecule has 2 aliphatic rings. The maximum absolute atomic E-state index is 12.6. The quantitative estimate of drug-likeness (QED) is 0.746. The Bertz CT molecular complexity index is 926. The molecule has 0 bridgehead atoms. The highest BCUT2D eigenvalue weighted by Crippen LogP contribution is 2.39. The summed E-state index contributed by atoms with van der Waals surface area (Å²) in [5.41, 5.74) is 0.823. The van der Waals surface area contributed by atoms with E-state index in [-0.39, 0.29) is 5.91 Å². The number of nitrogens with one attached hydrogen (secondary N) is 1. The number of aliphatic hydroxyl groups excluding tert-OH is 1. The highest BCUT2D eigenvalue weighted by molar-refractivity contribution is 5.92. The van der Waals surface area contributed by atoms with Crippen molar-refractivity contribution < 1.29 is 19.4 Å². The first-order chi connectivity index (χ1) is 13.5. The number of carbonyl (C=O) groups is 2. The maximum atomic E-state index is 12.6. The Morgan fingerprint density at radius 3 is 3.04 bits per heavy atom. The smallest absolute Gasteiger partial charge is 0.339 e. The normalized spacial score (nSPS) is 25.2. The van der Waals surface area contributed by atoms with E-state index in [9.17, 15) is 14.7 Å². The molecule has 0 aromatic carbocycles. The second-order valence-electron chi connectivity index (χ2n) is 7.46. The highest BCUT2D eigenvalue weighted by atomic mass is 16.5. The fourth-order valence-electron chi connectivity index (χ4n) is 4.38. The lowest BCUT2D eigenvalue weighted by Gasteiger charge is -2.47. The number of aryl methyl sites for hydroxylation is 1. The lowest BCUT2D eigenvalue weighted by molar-refractivity contribution is -0.142. The van der Waals surface area contributed by atoms with Crippen LogP contribution in [0.1, 0.15) is 36.5 Å². The van der Waals surface area contributed by atoms with Gasteiger partial charge >= 0.3 is 5.97 Å². The van der Waals surface area contributed by atoms with E-state index in [0.717, 1.165) is 6.42 Å². The number of carbonyl (C=O) groups excluding carboxylic acids is 2. The molecule has 2 fully saturated rings. The molecule has 2 aromatic rings. The van der Waals surface area contributed by atoms with Gasteiger partial charge in [-0.2, -0.15) is 0 Å². The molecule has 1 amide bonds. The molecular formula is C19H25N5O4. The van der Waals surface area contributed by atoms with Gasteiger partial charge in [-0.05, 0) is 32.3 Å². The summed E-state index contributed by atoms with van der Waals surface area (Å²) in [5.74, 6) is 0.166. The Hall–Kier alpha value is -2.68. The lowest BCUT2D eigenvalue weighted by Crippen LogP contribution is -2.61. The molecule has 9 nitrogen and oxygen atoms in total. The first-order valence-electron chi connectivity index (χ1n) is 9.66. The molecule has 0 saturated carbocycles.